The largest absolute Gasteiger partial charge is 0.301 e. The number of thiazole rings is 1. The monoisotopic (exact) mass is 346 g/mol. The molecule has 5 nitrogen and oxygen atoms in total. The first-order chi connectivity index (χ1) is 11.4. The average molecular weight is 346 g/mol. The van der Waals surface area contributed by atoms with Crippen molar-refractivity contribution in [2.75, 3.05) is 5.32 Å². The first-order valence-electron chi connectivity index (χ1n) is 7.32. The Morgan fingerprint density at radius 2 is 2.12 bits per heavy atom. The first kappa shape index (κ1) is 15.1. The molecule has 1 saturated carbocycles. The molecule has 3 aromatic heterocycles. The van der Waals surface area contributed by atoms with E-state index in [-0.39, 0.29) is 5.13 Å². The highest BCUT2D eigenvalue weighted by Crippen LogP contribution is 2.49. The molecule has 3 aromatic rings. The number of aromatic nitrogens is 3. The number of halogens is 2. The van der Waals surface area contributed by atoms with E-state index in [1.165, 1.54) is 11.3 Å². The SMILES string of the molecule is Cc1cc(-c2ccc3nc(NC(=O)C4CC4(F)F)sc3n2)ccn1. The van der Waals surface area contributed by atoms with E-state index in [1.807, 2.05) is 25.1 Å². The van der Waals surface area contributed by atoms with Crippen LogP contribution >= 0.6 is 11.3 Å². The van der Waals surface area contributed by atoms with Gasteiger partial charge in [0.1, 0.15) is 16.3 Å². The molecule has 1 aliphatic carbocycles. The van der Waals surface area contributed by atoms with Gasteiger partial charge in [0, 0.05) is 23.9 Å². The minimum absolute atomic E-state index is 0.285. The van der Waals surface area contributed by atoms with Gasteiger partial charge < -0.3 is 5.32 Å². The average Bonchev–Trinajstić information content (AvgIpc) is 3.00. The van der Waals surface area contributed by atoms with Gasteiger partial charge in [-0.05, 0) is 31.2 Å². The molecule has 0 spiro atoms. The van der Waals surface area contributed by atoms with E-state index in [2.05, 4.69) is 20.3 Å². The summed E-state index contributed by atoms with van der Waals surface area (Å²) in [5.41, 5.74) is 3.20. The van der Waals surface area contributed by atoms with E-state index in [0.717, 1.165) is 17.0 Å². The van der Waals surface area contributed by atoms with E-state index in [0.29, 0.717) is 10.3 Å². The van der Waals surface area contributed by atoms with Crippen molar-refractivity contribution < 1.29 is 13.6 Å². The lowest BCUT2D eigenvalue weighted by Crippen LogP contribution is -2.17. The van der Waals surface area contributed by atoms with Gasteiger partial charge in [0.05, 0.1) is 5.69 Å². The minimum atomic E-state index is -2.88. The summed E-state index contributed by atoms with van der Waals surface area (Å²) in [5.74, 6) is -4.82. The number of anilines is 1. The van der Waals surface area contributed by atoms with Crippen molar-refractivity contribution in [3.63, 3.8) is 0 Å². The Hall–Kier alpha value is -2.48. The fourth-order valence-corrected chi connectivity index (χ4v) is 3.27. The van der Waals surface area contributed by atoms with Gasteiger partial charge in [-0.3, -0.25) is 9.78 Å². The third kappa shape index (κ3) is 2.73. The van der Waals surface area contributed by atoms with Gasteiger partial charge >= 0.3 is 0 Å². The lowest BCUT2D eigenvalue weighted by atomic mass is 10.1. The summed E-state index contributed by atoms with van der Waals surface area (Å²) in [4.78, 5) is 25.3. The third-order valence-electron chi connectivity index (χ3n) is 3.82. The molecular weight excluding hydrogens is 334 g/mol. The first-order valence-corrected chi connectivity index (χ1v) is 8.13. The van der Waals surface area contributed by atoms with Gasteiger partial charge in [0.15, 0.2) is 5.13 Å². The number of carbonyl (C=O) groups is 1. The molecule has 1 fully saturated rings. The number of rotatable bonds is 3. The predicted molar refractivity (Wildman–Crippen MR) is 87.1 cm³/mol. The zero-order chi connectivity index (χ0) is 16.9. The van der Waals surface area contributed by atoms with Crippen LogP contribution < -0.4 is 5.32 Å². The molecule has 8 heteroatoms. The van der Waals surface area contributed by atoms with Gasteiger partial charge in [0.2, 0.25) is 5.91 Å². The molecule has 3 heterocycles. The summed E-state index contributed by atoms with van der Waals surface area (Å²) >= 11 is 1.17. The van der Waals surface area contributed by atoms with Crippen molar-refractivity contribution in [3.8, 4) is 11.3 Å². The molecular formula is C16H12F2N4OS. The van der Waals surface area contributed by atoms with Gasteiger partial charge in [0.25, 0.3) is 5.92 Å². The van der Waals surface area contributed by atoms with Crippen LogP contribution in [0.1, 0.15) is 12.1 Å². The van der Waals surface area contributed by atoms with Crippen LogP contribution in [0.5, 0.6) is 0 Å². The van der Waals surface area contributed by atoms with Gasteiger partial charge in [-0.15, -0.1) is 0 Å². The second-order valence-corrected chi connectivity index (χ2v) is 6.71. The molecule has 0 aromatic carbocycles. The summed E-state index contributed by atoms with van der Waals surface area (Å²) in [6, 6.07) is 7.41. The maximum atomic E-state index is 12.9. The maximum Gasteiger partial charge on any atom is 0.260 e. The smallest absolute Gasteiger partial charge is 0.260 e. The molecule has 24 heavy (non-hydrogen) atoms. The number of hydrogen-bond donors (Lipinski definition) is 1. The zero-order valence-electron chi connectivity index (χ0n) is 12.6. The number of hydrogen-bond acceptors (Lipinski definition) is 5. The molecule has 122 valence electrons. The van der Waals surface area contributed by atoms with Crippen LogP contribution in [0.3, 0.4) is 0 Å². The maximum absolute atomic E-state index is 12.9. The topological polar surface area (TPSA) is 67.8 Å². The number of pyridine rings is 2. The highest BCUT2D eigenvalue weighted by atomic mass is 32.1. The second-order valence-electron chi connectivity index (χ2n) is 5.73. The summed E-state index contributed by atoms with van der Waals surface area (Å²) < 4.78 is 25.9. The number of nitrogens with zero attached hydrogens (tertiary/aromatic N) is 3. The Balaban J connectivity index is 1.61. The summed E-state index contributed by atoms with van der Waals surface area (Å²) in [6.45, 7) is 1.90. The lowest BCUT2D eigenvalue weighted by molar-refractivity contribution is -0.119. The van der Waals surface area contributed by atoms with Crippen molar-refractivity contribution in [1.29, 1.82) is 0 Å². The Morgan fingerprint density at radius 3 is 2.83 bits per heavy atom. The van der Waals surface area contributed by atoms with Crippen molar-refractivity contribution in [2.45, 2.75) is 19.3 Å². The standard InChI is InChI=1S/C16H12F2N4OS/c1-8-6-9(4-5-19-8)11-2-3-12-14(20-11)24-15(21-12)22-13(23)10-7-16(10,17)18/h2-6,10H,7H2,1H3,(H,21,22,23). The van der Waals surface area contributed by atoms with Crippen LogP contribution in [-0.4, -0.2) is 26.8 Å². The number of carbonyl (C=O) groups excluding carboxylic acids is 1. The van der Waals surface area contributed by atoms with Gasteiger partial charge in [-0.2, -0.15) is 0 Å². The quantitative estimate of drug-likeness (QED) is 0.786. The van der Waals surface area contributed by atoms with Crippen LogP contribution in [-0.2, 0) is 4.79 Å². The number of fused-ring (bicyclic) bond motifs is 1. The molecule has 1 aliphatic rings. The van der Waals surface area contributed by atoms with Crippen LogP contribution in [0.2, 0.25) is 0 Å². The van der Waals surface area contributed by atoms with Crippen LogP contribution in [0, 0.1) is 12.8 Å². The number of amides is 1. The second kappa shape index (κ2) is 5.27. The summed E-state index contributed by atoms with van der Waals surface area (Å²) in [5, 5.41) is 2.74. The Kier molecular flexibility index (Phi) is 3.31. The molecule has 1 amide bonds. The van der Waals surface area contributed by atoms with Crippen molar-refractivity contribution in [2.24, 2.45) is 5.92 Å². The van der Waals surface area contributed by atoms with Crippen LogP contribution in [0.4, 0.5) is 13.9 Å². The van der Waals surface area contributed by atoms with E-state index < -0.39 is 24.2 Å². The highest BCUT2D eigenvalue weighted by Gasteiger charge is 2.61. The molecule has 0 aliphatic heterocycles. The Bertz CT molecular complexity index is 956. The molecule has 0 radical (unpaired) electrons. The summed E-state index contributed by atoms with van der Waals surface area (Å²) in [6.07, 6.45) is 1.32. The minimum Gasteiger partial charge on any atom is -0.301 e. The van der Waals surface area contributed by atoms with Gasteiger partial charge in [-0.25, -0.2) is 18.7 Å². The normalized spacial score (nSPS) is 18.5. The molecule has 1 unspecified atom stereocenters. The fourth-order valence-electron chi connectivity index (χ4n) is 2.43. The van der Waals surface area contributed by atoms with Crippen molar-refractivity contribution in [3.05, 3.63) is 36.2 Å². The lowest BCUT2D eigenvalue weighted by Gasteiger charge is -2.00. The highest BCUT2D eigenvalue weighted by molar-refractivity contribution is 7.22. The van der Waals surface area contributed by atoms with Crippen molar-refractivity contribution in [1.82, 2.24) is 15.0 Å². The molecule has 1 N–H and O–H groups in total. The summed E-state index contributed by atoms with van der Waals surface area (Å²) in [7, 11) is 0. The van der Waals surface area contributed by atoms with E-state index >= 15 is 0 Å². The fraction of sp³-hybridized carbons (Fsp3) is 0.250. The van der Waals surface area contributed by atoms with E-state index in [4.69, 9.17) is 0 Å². The van der Waals surface area contributed by atoms with Crippen LogP contribution in [0.15, 0.2) is 30.5 Å². The number of alkyl halides is 2. The molecule has 1 atom stereocenters. The van der Waals surface area contributed by atoms with Crippen molar-refractivity contribution >= 4 is 32.7 Å². The molecule has 4 rings (SSSR count). The third-order valence-corrected chi connectivity index (χ3v) is 4.70. The Morgan fingerprint density at radius 1 is 1.33 bits per heavy atom. The van der Waals surface area contributed by atoms with Crippen LogP contribution in [0.25, 0.3) is 21.6 Å². The van der Waals surface area contributed by atoms with Gasteiger partial charge in [-0.1, -0.05) is 11.3 Å². The number of aryl methyl sites for hydroxylation is 1. The molecule has 0 saturated heterocycles. The molecule has 0 bridgehead atoms. The zero-order valence-corrected chi connectivity index (χ0v) is 13.4. The van der Waals surface area contributed by atoms with E-state index in [9.17, 15) is 13.6 Å². The van der Waals surface area contributed by atoms with E-state index in [1.54, 1.807) is 12.3 Å². The number of nitrogens with one attached hydrogen (secondary N) is 1. The Labute approximate surface area is 139 Å². The predicted octanol–water partition coefficient (Wildman–Crippen LogP) is 3.66.